The van der Waals surface area contributed by atoms with E-state index in [0.29, 0.717) is 6.42 Å². The lowest BCUT2D eigenvalue weighted by atomic mass is 10.2. The van der Waals surface area contributed by atoms with E-state index in [1.165, 1.54) is 0 Å². The number of unbranched alkanes of at least 4 members (excludes halogenated alkanes) is 1. The topological polar surface area (TPSA) is 52.6 Å². The van der Waals surface area contributed by atoms with Crippen LogP contribution in [0.4, 0.5) is 0 Å². The molecule has 4 heteroatoms. The minimum Gasteiger partial charge on any atom is -0.481 e. The first kappa shape index (κ1) is 10.5. The molecule has 13 heavy (non-hydrogen) atoms. The zero-order valence-electron chi connectivity index (χ0n) is 7.96. The van der Waals surface area contributed by atoms with Crippen molar-refractivity contribution in [1.82, 2.24) is 10.2 Å². The van der Waals surface area contributed by atoms with Gasteiger partial charge in [0.15, 0.2) is 0 Å². The Bertz CT molecular complexity index is 156. The number of carboxylic acids is 1. The van der Waals surface area contributed by atoms with Crippen LogP contribution in [-0.4, -0.2) is 48.7 Å². The molecule has 0 spiro atoms. The van der Waals surface area contributed by atoms with Crippen LogP contribution in [0.1, 0.15) is 19.3 Å². The summed E-state index contributed by atoms with van der Waals surface area (Å²) in [6.07, 6.45) is 2.12. The van der Waals surface area contributed by atoms with Gasteiger partial charge in [-0.25, -0.2) is 0 Å². The summed E-state index contributed by atoms with van der Waals surface area (Å²) >= 11 is 0. The van der Waals surface area contributed by atoms with Crippen molar-refractivity contribution in [1.29, 1.82) is 0 Å². The van der Waals surface area contributed by atoms with Crippen molar-refractivity contribution < 1.29 is 9.90 Å². The number of nitrogens with zero attached hydrogens (tertiary/aromatic N) is 1. The number of nitrogens with one attached hydrogen (secondary N) is 1. The lowest BCUT2D eigenvalue weighted by Gasteiger charge is -2.26. The third-order valence-corrected chi connectivity index (χ3v) is 2.32. The van der Waals surface area contributed by atoms with Crippen LogP contribution < -0.4 is 5.32 Å². The predicted molar refractivity (Wildman–Crippen MR) is 50.8 cm³/mol. The second-order valence-electron chi connectivity index (χ2n) is 3.44. The summed E-state index contributed by atoms with van der Waals surface area (Å²) in [6.45, 7) is 5.40. The Hall–Kier alpha value is -0.610. The molecule has 0 radical (unpaired) electrons. The first-order chi connectivity index (χ1) is 6.29. The second-order valence-corrected chi connectivity index (χ2v) is 3.44. The zero-order valence-corrected chi connectivity index (χ0v) is 7.96. The molecule has 1 aliphatic rings. The Kier molecular flexibility index (Phi) is 4.78. The summed E-state index contributed by atoms with van der Waals surface area (Å²) in [7, 11) is 0. The van der Waals surface area contributed by atoms with Crippen LogP contribution in [0.3, 0.4) is 0 Å². The molecule has 1 fully saturated rings. The molecule has 1 rings (SSSR count). The molecular formula is C9H18N2O2. The highest BCUT2D eigenvalue weighted by Crippen LogP contribution is 1.99. The fourth-order valence-electron chi connectivity index (χ4n) is 1.55. The predicted octanol–water partition coefficient (Wildman–Crippen LogP) is 0.147. The van der Waals surface area contributed by atoms with E-state index < -0.39 is 5.97 Å². The maximum atomic E-state index is 10.2. The van der Waals surface area contributed by atoms with E-state index in [9.17, 15) is 4.79 Å². The third-order valence-electron chi connectivity index (χ3n) is 2.32. The Morgan fingerprint density at radius 2 is 2.00 bits per heavy atom. The maximum Gasteiger partial charge on any atom is 0.303 e. The molecular weight excluding hydrogens is 168 g/mol. The first-order valence-electron chi connectivity index (χ1n) is 4.94. The average molecular weight is 186 g/mol. The molecule has 0 atom stereocenters. The van der Waals surface area contributed by atoms with Gasteiger partial charge >= 0.3 is 5.97 Å². The maximum absolute atomic E-state index is 10.2. The monoisotopic (exact) mass is 186 g/mol. The summed E-state index contributed by atoms with van der Waals surface area (Å²) in [4.78, 5) is 12.6. The molecule has 0 unspecified atom stereocenters. The van der Waals surface area contributed by atoms with Crippen molar-refractivity contribution in [2.24, 2.45) is 0 Å². The van der Waals surface area contributed by atoms with E-state index in [1.807, 2.05) is 0 Å². The van der Waals surface area contributed by atoms with Crippen molar-refractivity contribution >= 4 is 5.97 Å². The molecule has 76 valence electrons. The van der Waals surface area contributed by atoms with Gasteiger partial charge < -0.3 is 15.3 Å². The molecule has 0 amide bonds. The quantitative estimate of drug-likeness (QED) is 0.600. The van der Waals surface area contributed by atoms with Crippen LogP contribution in [0.5, 0.6) is 0 Å². The minimum atomic E-state index is -0.680. The lowest BCUT2D eigenvalue weighted by molar-refractivity contribution is -0.137. The van der Waals surface area contributed by atoms with Gasteiger partial charge in [0.25, 0.3) is 0 Å². The van der Waals surface area contributed by atoms with Crippen LogP contribution in [0, 0.1) is 0 Å². The molecule has 1 heterocycles. The van der Waals surface area contributed by atoms with E-state index >= 15 is 0 Å². The van der Waals surface area contributed by atoms with Gasteiger partial charge in [0, 0.05) is 32.6 Å². The molecule has 0 aromatic heterocycles. The van der Waals surface area contributed by atoms with Crippen molar-refractivity contribution in [3.05, 3.63) is 0 Å². The van der Waals surface area contributed by atoms with Gasteiger partial charge in [-0.15, -0.1) is 0 Å². The SMILES string of the molecule is O=C(O)CCCCN1CCNCC1. The molecule has 0 aromatic carbocycles. The Morgan fingerprint density at radius 3 is 2.62 bits per heavy atom. The summed E-state index contributed by atoms with van der Waals surface area (Å²) in [5.41, 5.74) is 0. The van der Waals surface area contributed by atoms with Crippen molar-refractivity contribution in [2.45, 2.75) is 19.3 Å². The smallest absolute Gasteiger partial charge is 0.303 e. The standard InChI is InChI=1S/C9H18N2O2/c12-9(13)3-1-2-6-11-7-4-10-5-8-11/h10H,1-8H2,(H,12,13). The van der Waals surface area contributed by atoms with Crippen molar-refractivity contribution in [3.8, 4) is 0 Å². The van der Waals surface area contributed by atoms with Crippen LogP contribution in [0.15, 0.2) is 0 Å². The fourth-order valence-corrected chi connectivity index (χ4v) is 1.55. The molecule has 1 aliphatic heterocycles. The highest BCUT2D eigenvalue weighted by molar-refractivity contribution is 5.66. The van der Waals surface area contributed by atoms with Gasteiger partial charge in [0.1, 0.15) is 0 Å². The fraction of sp³-hybridized carbons (Fsp3) is 0.889. The van der Waals surface area contributed by atoms with Crippen LogP contribution in [0.2, 0.25) is 0 Å². The zero-order chi connectivity index (χ0) is 9.52. The number of piperazine rings is 1. The highest BCUT2D eigenvalue weighted by Gasteiger charge is 2.08. The largest absolute Gasteiger partial charge is 0.481 e. The van der Waals surface area contributed by atoms with Gasteiger partial charge in [-0.1, -0.05) is 0 Å². The molecule has 0 bridgehead atoms. The Labute approximate surface area is 78.9 Å². The summed E-state index contributed by atoms with van der Waals surface area (Å²) < 4.78 is 0. The number of rotatable bonds is 5. The van der Waals surface area contributed by atoms with Crippen LogP contribution in [-0.2, 0) is 4.79 Å². The second kappa shape index (κ2) is 5.94. The third kappa shape index (κ3) is 4.85. The minimum absolute atomic E-state index is 0.312. The van der Waals surface area contributed by atoms with Crippen LogP contribution >= 0.6 is 0 Å². The van der Waals surface area contributed by atoms with E-state index in [1.54, 1.807) is 0 Å². The molecule has 1 saturated heterocycles. The highest BCUT2D eigenvalue weighted by atomic mass is 16.4. The Morgan fingerprint density at radius 1 is 1.31 bits per heavy atom. The number of hydrogen-bond acceptors (Lipinski definition) is 3. The van der Waals surface area contributed by atoms with Crippen LogP contribution in [0.25, 0.3) is 0 Å². The molecule has 4 nitrogen and oxygen atoms in total. The van der Waals surface area contributed by atoms with Gasteiger partial charge in [0.2, 0.25) is 0 Å². The Balaban J connectivity index is 1.95. The molecule has 0 saturated carbocycles. The van der Waals surface area contributed by atoms with Crippen molar-refractivity contribution in [3.63, 3.8) is 0 Å². The number of carboxylic acid groups (broad SMARTS) is 1. The van der Waals surface area contributed by atoms with E-state index in [2.05, 4.69) is 10.2 Å². The summed E-state index contributed by atoms with van der Waals surface area (Å²) in [5.74, 6) is -0.680. The normalized spacial score (nSPS) is 18.8. The summed E-state index contributed by atoms with van der Waals surface area (Å²) in [6, 6.07) is 0. The average Bonchev–Trinajstić information content (AvgIpc) is 2.14. The lowest BCUT2D eigenvalue weighted by Crippen LogP contribution is -2.43. The van der Waals surface area contributed by atoms with E-state index in [4.69, 9.17) is 5.11 Å². The number of aliphatic carboxylic acids is 1. The summed E-state index contributed by atoms with van der Waals surface area (Å²) in [5, 5.41) is 11.7. The van der Waals surface area contributed by atoms with Crippen molar-refractivity contribution in [2.75, 3.05) is 32.7 Å². The van der Waals surface area contributed by atoms with E-state index in [-0.39, 0.29) is 0 Å². The molecule has 0 aliphatic carbocycles. The first-order valence-corrected chi connectivity index (χ1v) is 4.94. The number of hydrogen-bond donors (Lipinski definition) is 2. The van der Waals surface area contributed by atoms with E-state index in [0.717, 1.165) is 45.6 Å². The van der Waals surface area contributed by atoms with Gasteiger partial charge in [0.05, 0.1) is 0 Å². The van der Waals surface area contributed by atoms with Gasteiger partial charge in [-0.05, 0) is 19.4 Å². The molecule has 2 N–H and O–H groups in total. The molecule has 0 aromatic rings. The number of carbonyl (C=O) groups is 1. The van der Waals surface area contributed by atoms with Gasteiger partial charge in [-0.2, -0.15) is 0 Å². The van der Waals surface area contributed by atoms with Gasteiger partial charge in [-0.3, -0.25) is 4.79 Å².